The van der Waals surface area contributed by atoms with Crippen LogP contribution in [0, 0.1) is 0 Å². The summed E-state index contributed by atoms with van der Waals surface area (Å²) in [5.74, 6) is 0. The molecule has 0 aliphatic carbocycles. The summed E-state index contributed by atoms with van der Waals surface area (Å²) >= 11 is 0. The van der Waals surface area contributed by atoms with Gasteiger partial charge in [-0.3, -0.25) is 0 Å². The molecule has 0 saturated carbocycles. The van der Waals surface area contributed by atoms with Gasteiger partial charge in [-0.05, 0) is 18.2 Å². The Morgan fingerprint density at radius 2 is 1.95 bits per heavy atom. The van der Waals surface area contributed by atoms with Gasteiger partial charge in [-0.15, -0.1) is 0 Å². The second-order valence-electron chi connectivity index (χ2n) is 4.45. The molecule has 5 nitrogen and oxygen atoms in total. The number of nitrogens with two attached hydrogens (primary N) is 1. The summed E-state index contributed by atoms with van der Waals surface area (Å²) in [5, 5.41) is 4.34. The van der Waals surface area contributed by atoms with Crippen LogP contribution in [0.5, 0.6) is 0 Å². The second-order valence-corrected chi connectivity index (χ2v) is 4.45. The van der Waals surface area contributed by atoms with Crippen molar-refractivity contribution in [3.05, 3.63) is 66.5 Å². The topological polar surface area (TPSA) is 61.7 Å². The summed E-state index contributed by atoms with van der Waals surface area (Å²) in [6.07, 6.45) is 5.43. The number of aromatic nitrogens is 4. The standard InChI is InChI=1S/C14H15N5/c1-18-9-12(16-10-18)14(15)13-7-8-17-19(13)11-5-3-2-4-6-11/h2-10,14H,15H2,1H3. The van der Waals surface area contributed by atoms with Crippen molar-refractivity contribution in [3.8, 4) is 5.69 Å². The predicted molar refractivity (Wildman–Crippen MR) is 72.8 cm³/mol. The van der Waals surface area contributed by atoms with E-state index in [1.165, 1.54) is 0 Å². The van der Waals surface area contributed by atoms with Gasteiger partial charge in [0.15, 0.2) is 0 Å². The van der Waals surface area contributed by atoms with Gasteiger partial charge >= 0.3 is 0 Å². The lowest BCUT2D eigenvalue weighted by molar-refractivity contribution is 0.725. The molecule has 1 unspecified atom stereocenters. The molecule has 19 heavy (non-hydrogen) atoms. The largest absolute Gasteiger partial charge is 0.340 e. The lowest BCUT2D eigenvalue weighted by atomic mass is 10.1. The molecule has 0 radical (unpaired) electrons. The summed E-state index contributed by atoms with van der Waals surface area (Å²) in [6.45, 7) is 0. The van der Waals surface area contributed by atoms with Crippen molar-refractivity contribution in [1.29, 1.82) is 0 Å². The van der Waals surface area contributed by atoms with Crippen LogP contribution in [-0.2, 0) is 7.05 Å². The summed E-state index contributed by atoms with van der Waals surface area (Å²) < 4.78 is 3.73. The molecule has 1 atom stereocenters. The maximum absolute atomic E-state index is 6.28. The number of rotatable bonds is 3. The second kappa shape index (κ2) is 4.70. The summed E-state index contributed by atoms with van der Waals surface area (Å²) in [5.41, 5.74) is 9.02. The predicted octanol–water partition coefficient (Wildman–Crippen LogP) is 1.65. The van der Waals surface area contributed by atoms with Crippen molar-refractivity contribution < 1.29 is 0 Å². The highest BCUT2D eigenvalue weighted by Gasteiger charge is 2.16. The van der Waals surface area contributed by atoms with Crippen molar-refractivity contribution in [2.45, 2.75) is 6.04 Å². The molecule has 96 valence electrons. The molecule has 2 aromatic heterocycles. The fraction of sp³-hybridized carbons (Fsp3) is 0.143. The third-order valence-electron chi connectivity index (χ3n) is 3.03. The first-order chi connectivity index (χ1) is 9.25. The van der Waals surface area contributed by atoms with Crippen molar-refractivity contribution in [2.75, 3.05) is 0 Å². The molecule has 2 N–H and O–H groups in total. The smallest absolute Gasteiger partial charge is 0.0947 e. The average molecular weight is 253 g/mol. The van der Waals surface area contributed by atoms with E-state index in [4.69, 9.17) is 5.73 Å². The fourth-order valence-electron chi connectivity index (χ4n) is 2.08. The zero-order valence-electron chi connectivity index (χ0n) is 10.6. The Kier molecular flexibility index (Phi) is 2.89. The zero-order chi connectivity index (χ0) is 13.2. The Bertz CT molecular complexity index is 668. The number of para-hydroxylation sites is 1. The van der Waals surface area contributed by atoms with Gasteiger partial charge in [0.2, 0.25) is 0 Å². The van der Waals surface area contributed by atoms with Gasteiger partial charge < -0.3 is 10.3 Å². The Morgan fingerprint density at radius 1 is 1.16 bits per heavy atom. The molecule has 3 rings (SSSR count). The van der Waals surface area contributed by atoms with Gasteiger partial charge in [-0.2, -0.15) is 5.10 Å². The van der Waals surface area contributed by atoms with Gasteiger partial charge in [0.1, 0.15) is 0 Å². The maximum Gasteiger partial charge on any atom is 0.0947 e. The Labute approximate surface area is 111 Å². The van der Waals surface area contributed by atoms with Gasteiger partial charge in [0.05, 0.1) is 29.4 Å². The van der Waals surface area contributed by atoms with Gasteiger partial charge in [-0.1, -0.05) is 18.2 Å². The Balaban J connectivity index is 2.01. The van der Waals surface area contributed by atoms with Crippen LogP contribution < -0.4 is 5.73 Å². The van der Waals surface area contributed by atoms with E-state index in [0.29, 0.717) is 0 Å². The van der Waals surface area contributed by atoms with Crippen LogP contribution in [0.15, 0.2) is 55.1 Å². The summed E-state index contributed by atoms with van der Waals surface area (Å²) in [7, 11) is 1.93. The van der Waals surface area contributed by atoms with E-state index in [1.807, 2.05) is 58.9 Å². The van der Waals surface area contributed by atoms with Gasteiger partial charge in [-0.25, -0.2) is 9.67 Å². The van der Waals surface area contributed by atoms with E-state index in [-0.39, 0.29) is 6.04 Å². The first-order valence-corrected chi connectivity index (χ1v) is 6.08. The van der Waals surface area contributed by atoms with Crippen LogP contribution in [0.1, 0.15) is 17.4 Å². The number of imidazole rings is 1. The first-order valence-electron chi connectivity index (χ1n) is 6.08. The zero-order valence-corrected chi connectivity index (χ0v) is 10.6. The van der Waals surface area contributed by atoms with Crippen molar-refractivity contribution in [3.63, 3.8) is 0 Å². The van der Waals surface area contributed by atoms with E-state index >= 15 is 0 Å². The third-order valence-corrected chi connectivity index (χ3v) is 3.03. The van der Waals surface area contributed by atoms with Crippen molar-refractivity contribution >= 4 is 0 Å². The van der Waals surface area contributed by atoms with Crippen LogP contribution >= 0.6 is 0 Å². The molecule has 0 aliphatic heterocycles. The number of aryl methyl sites for hydroxylation is 1. The molecule has 0 spiro atoms. The highest BCUT2D eigenvalue weighted by molar-refractivity contribution is 5.34. The van der Waals surface area contributed by atoms with E-state index in [0.717, 1.165) is 17.1 Å². The minimum Gasteiger partial charge on any atom is -0.340 e. The number of hydrogen-bond acceptors (Lipinski definition) is 3. The molecule has 0 bridgehead atoms. The molecule has 0 saturated heterocycles. The van der Waals surface area contributed by atoms with Crippen LogP contribution in [-0.4, -0.2) is 19.3 Å². The molecule has 0 aliphatic rings. The number of nitrogens with zero attached hydrogens (tertiary/aromatic N) is 4. The van der Waals surface area contributed by atoms with Gasteiger partial charge in [0.25, 0.3) is 0 Å². The average Bonchev–Trinajstić information content (AvgIpc) is 3.07. The summed E-state index contributed by atoms with van der Waals surface area (Å²) in [4.78, 5) is 4.30. The van der Waals surface area contributed by atoms with Crippen molar-refractivity contribution in [1.82, 2.24) is 19.3 Å². The van der Waals surface area contributed by atoms with Crippen LogP contribution in [0.25, 0.3) is 5.69 Å². The van der Waals surface area contributed by atoms with E-state index < -0.39 is 0 Å². The lowest BCUT2D eigenvalue weighted by Crippen LogP contribution is -2.17. The van der Waals surface area contributed by atoms with E-state index in [2.05, 4.69) is 10.1 Å². The molecule has 2 heterocycles. The molecular formula is C14H15N5. The molecular weight excluding hydrogens is 238 g/mol. The molecule has 3 aromatic rings. The monoisotopic (exact) mass is 253 g/mol. The Morgan fingerprint density at radius 3 is 2.63 bits per heavy atom. The molecule has 1 aromatic carbocycles. The lowest BCUT2D eigenvalue weighted by Gasteiger charge is -2.12. The minimum atomic E-state index is -0.288. The molecule has 0 fully saturated rings. The van der Waals surface area contributed by atoms with Crippen LogP contribution in [0.4, 0.5) is 0 Å². The molecule has 0 amide bonds. The number of hydrogen-bond donors (Lipinski definition) is 1. The fourth-order valence-corrected chi connectivity index (χ4v) is 2.08. The first kappa shape index (κ1) is 11.7. The van der Waals surface area contributed by atoms with Crippen LogP contribution in [0.3, 0.4) is 0 Å². The highest BCUT2D eigenvalue weighted by Crippen LogP contribution is 2.20. The van der Waals surface area contributed by atoms with Crippen LogP contribution in [0.2, 0.25) is 0 Å². The Hall–Kier alpha value is -2.40. The normalized spacial score (nSPS) is 12.5. The van der Waals surface area contributed by atoms with Gasteiger partial charge in [0, 0.05) is 19.4 Å². The maximum atomic E-state index is 6.28. The van der Waals surface area contributed by atoms with Crippen molar-refractivity contribution in [2.24, 2.45) is 12.8 Å². The SMILES string of the molecule is Cn1cnc(C(N)c2ccnn2-c2ccccc2)c1. The number of benzene rings is 1. The molecule has 5 heteroatoms. The minimum absolute atomic E-state index is 0.288. The quantitative estimate of drug-likeness (QED) is 0.772. The third kappa shape index (κ3) is 2.15. The van der Waals surface area contributed by atoms with E-state index in [9.17, 15) is 0 Å². The summed E-state index contributed by atoms with van der Waals surface area (Å²) in [6, 6.07) is 11.6. The van der Waals surface area contributed by atoms with E-state index in [1.54, 1.807) is 12.5 Å². The highest BCUT2D eigenvalue weighted by atomic mass is 15.3.